The third-order valence-corrected chi connectivity index (χ3v) is 2.42. The van der Waals surface area contributed by atoms with Crippen LogP contribution in [0.15, 0.2) is 18.2 Å². The predicted molar refractivity (Wildman–Crippen MR) is 70.4 cm³/mol. The van der Waals surface area contributed by atoms with Gasteiger partial charge in [-0.25, -0.2) is 9.18 Å². The van der Waals surface area contributed by atoms with Crippen LogP contribution in [0.25, 0.3) is 0 Å². The lowest BCUT2D eigenvalue weighted by Gasteiger charge is -2.17. The molecule has 3 N–H and O–H groups in total. The van der Waals surface area contributed by atoms with Crippen LogP contribution in [0.3, 0.4) is 0 Å². The molecule has 0 spiro atoms. The summed E-state index contributed by atoms with van der Waals surface area (Å²) in [6.45, 7) is 1.63. The van der Waals surface area contributed by atoms with E-state index in [1.54, 1.807) is 6.92 Å². The van der Waals surface area contributed by atoms with Crippen LogP contribution in [0.4, 0.5) is 4.39 Å². The van der Waals surface area contributed by atoms with E-state index in [1.807, 2.05) is 0 Å². The number of phenolic OH excluding ortho intramolecular Hbond substituents is 1. The van der Waals surface area contributed by atoms with E-state index in [4.69, 9.17) is 10.5 Å². The number of carbonyl (C=O) groups is 1. The Bertz CT molecular complexity index is 430. The highest BCUT2D eigenvalue weighted by molar-refractivity contribution is 5.85. The standard InChI is InChI=1S/C12H16FNO4.ClH/c1-3-18-12(16)10(13)11(14)8-6-7(17-2)4-5-9(8)15;/h4-6,10-11,15H,3,14H2,1-2H3;1H/t10?,11-;/m0./s1. The van der Waals surface area contributed by atoms with Crippen LogP contribution in [-0.4, -0.2) is 31.0 Å². The summed E-state index contributed by atoms with van der Waals surface area (Å²) in [6.07, 6.45) is -2.04. The first-order valence-electron chi connectivity index (χ1n) is 5.44. The molecule has 1 rings (SSSR count). The lowest BCUT2D eigenvalue weighted by Crippen LogP contribution is -2.31. The van der Waals surface area contributed by atoms with Crippen molar-refractivity contribution in [3.8, 4) is 11.5 Å². The minimum absolute atomic E-state index is 0. The van der Waals surface area contributed by atoms with Crippen LogP contribution in [-0.2, 0) is 9.53 Å². The van der Waals surface area contributed by atoms with Gasteiger partial charge in [-0.05, 0) is 25.1 Å². The number of nitrogens with two attached hydrogens (primary N) is 1. The zero-order valence-electron chi connectivity index (χ0n) is 10.6. The molecule has 2 atom stereocenters. The molecule has 0 saturated heterocycles. The Balaban J connectivity index is 0.00000324. The maximum absolute atomic E-state index is 13.7. The van der Waals surface area contributed by atoms with E-state index in [2.05, 4.69) is 4.74 Å². The number of methoxy groups -OCH3 is 1. The summed E-state index contributed by atoms with van der Waals surface area (Å²) in [5.41, 5.74) is 5.70. The molecular formula is C12H17ClFNO4. The fraction of sp³-hybridized carbons (Fsp3) is 0.417. The zero-order valence-corrected chi connectivity index (χ0v) is 11.4. The van der Waals surface area contributed by atoms with E-state index >= 15 is 0 Å². The van der Waals surface area contributed by atoms with Gasteiger partial charge in [0, 0.05) is 5.56 Å². The summed E-state index contributed by atoms with van der Waals surface area (Å²) in [5.74, 6) is -0.836. The van der Waals surface area contributed by atoms with Crippen LogP contribution < -0.4 is 10.5 Å². The highest BCUT2D eigenvalue weighted by atomic mass is 35.5. The Labute approximate surface area is 116 Å². The quantitative estimate of drug-likeness (QED) is 0.808. The first-order valence-corrected chi connectivity index (χ1v) is 5.44. The summed E-state index contributed by atoms with van der Waals surface area (Å²) >= 11 is 0. The van der Waals surface area contributed by atoms with Crippen molar-refractivity contribution in [3.63, 3.8) is 0 Å². The SMILES string of the molecule is CCOC(=O)C(F)[C@@H](N)c1cc(OC)ccc1O.Cl. The molecule has 0 aliphatic rings. The molecule has 7 heteroatoms. The van der Waals surface area contributed by atoms with E-state index in [0.717, 1.165) is 0 Å². The van der Waals surface area contributed by atoms with Gasteiger partial charge < -0.3 is 20.3 Å². The molecule has 0 bridgehead atoms. The van der Waals surface area contributed by atoms with Gasteiger partial charge in [-0.2, -0.15) is 0 Å². The summed E-state index contributed by atoms with van der Waals surface area (Å²) in [4.78, 5) is 11.2. The molecule has 0 aliphatic carbocycles. The van der Waals surface area contributed by atoms with E-state index in [-0.39, 0.29) is 30.3 Å². The Morgan fingerprint density at radius 2 is 2.16 bits per heavy atom. The fourth-order valence-electron chi connectivity index (χ4n) is 1.45. The Morgan fingerprint density at radius 1 is 1.53 bits per heavy atom. The predicted octanol–water partition coefficient (Wildman–Crippen LogP) is 1.72. The number of aromatic hydroxyl groups is 1. The smallest absolute Gasteiger partial charge is 0.342 e. The minimum Gasteiger partial charge on any atom is -0.508 e. The Hall–Kier alpha value is -1.53. The van der Waals surface area contributed by atoms with Gasteiger partial charge >= 0.3 is 5.97 Å². The van der Waals surface area contributed by atoms with Crippen LogP contribution in [0, 0.1) is 0 Å². The lowest BCUT2D eigenvalue weighted by atomic mass is 10.0. The molecule has 1 aromatic carbocycles. The third-order valence-electron chi connectivity index (χ3n) is 2.42. The number of hydrogen-bond donors (Lipinski definition) is 2. The highest BCUT2D eigenvalue weighted by Gasteiger charge is 2.29. The molecule has 0 fully saturated rings. The number of halogens is 2. The molecule has 0 heterocycles. The normalized spacial score (nSPS) is 13.1. The minimum atomic E-state index is -2.04. The first-order chi connectivity index (χ1) is 8.51. The summed E-state index contributed by atoms with van der Waals surface area (Å²) in [7, 11) is 1.43. The van der Waals surface area contributed by atoms with E-state index in [9.17, 15) is 14.3 Å². The van der Waals surface area contributed by atoms with Gasteiger partial charge in [0.1, 0.15) is 11.5 Å². The van der Waals surface area contributed by atoms with Gasteiger partial charge in [0.05, 0.1) is 19.8 Å². The molecule has 0 amide bonds. The Morgan fingerprint density at radius 3 is 2.68 bits per heavy atom. The van der Waals surface area contributed by atoms with Gasteiger partial charge in [0.2, 0.25) is 6.17 Å². The number of hydrogen-bond acceptors (Lipinski definition) is 5. The number of rotatable bonds is 5. The second-order valence-electron chi connectivity index (χ2n) is 3.60. The average Bonchev–Trinajstić information content (AvgIpc) is 2.38. The summed E-state index contributed by atoms with van der Waals surface area (Å²) in [5, 5.41) is 9.61. The first kappa shape index (κ1) is 17.5. The van der Waals surface area contributed by atoms with Gasteiger partial charge in [-0.15, -0.1) is 12.4 Å². The van der Waals surface area contributed by atoms with Crippen molar-refractivity contribution in [2.45, 2.75) is 19.1 Å². The summed E-state index contributed by atoms with van der Waals surface area (Å²) in [6, 6.07) is 2.90. The van der Waals surface area contributed by atoms with Gasteiger partial charge in [0.15, 0.2) is 0 Å². The second kappa shape index (κ2) is 7.81. The third kappa shape index (κ3) is 4.25. The van der Waals surface area contributed by atoms with Crippen molar-refractivity contribution in [2.75, 3.05) is 13.7 Å². The molecule has 5 nitrogen and oxygen atoms in total. The molecule has 0 aliphatic heterocycles. The van der Waals surface area contributed by atoms with Crippen molar-refractivity contribution >= 4 is 18.4 Å². The highest BCUT2D eigenvalue weighted by Crippen LogP contribution is 2.30. The van der Waals surface area contributed by atoms with Gasteiger partial charge in [0.25, 0.3) is 0 Å². The maximum atomic E-state index is 13.7. The summed E-state index contributed by atoms with van der Waals surface area (Å²) < 4.78 is 23.2. The topological polar surface area (TPSA) is 81.8 Å². The molecule has 1 aromatic rings. The molecular weight excluding hydrogens is 277 g/mol. The van der Waals surface area contributed by atoms with E-state index in [1.165, 1.54) is 25.3 Å². The molecule has 108 valence electrons. The number of phenols is 1. The van der Waals surface area contributed by atoms with Crippen LogP contribution in [0.2, 0.25) is 0 Å². The van der Waals surface area contributed by atoms with Crippen LogP contribution in [0.5, 0.6) is 11.5 Å². The van der Waals surface area contributed by atoms with Crippen molar-refractivity contribution < 1.29 is 23.8 Å². The van der Waals surface area contributed by atoms with Crippen molar-refractivity contribution in [1.82, 2.24) is 0 Å². The molecule has 0 aromatic heterocycles. The Kier molecular flexibility index (Phi) is 7.18. The van der Waals surface area contributed by atoms with E-state index in [0.29, 0.717) is 5.75 Å². The van der Waals surface area contributed by atoms with Crippen molar-refractivity contribution in [1.29, 1.82) is 0 Å². The van der Waals surface area contributed by atoms with Crippen molar-refractivity contribution in [2.24, 2.45) is 5.73 Å². The number of carbonyl (C=O) groups excluding carboxylic acids is 1. The number of benzene rings is 1. The van der Waals surface area contributed by atoms with Crippen LogP contribution in [0.1, 0.15) is 18.5 Å². The number of esters is 1. The molecule has 0 saturated carbocycles. The average molecular weight is 294 g/mol. The monoisotopic (exact) mass is 293 g/mol. The van der Waals surface area contributed by atoms with E-state index < -0.39 is 18.2 Å². The molecule has 1 unspecified atom stereocenters. The largest absolute Gasteiger partial charge is 0.508 e. The fourth-order valence-corrected chi connectivity index (χ4v) is 1.45. The van der Waals surface area contributed by atoms with Crippen LogP contribution >= 0.6 is 12.4 Å². The maximum Gasteiger partial charge on any atom is 0.342 e. The molecule has 19 heavy (non-hydrogen) atoms. The number of alkyl halides is 1. The van der Waals surface area contributed by atoms with Gasteiger partial charge in [-0.1, -0.05) is 0 Å². The zero-order chi connectivity index (χ0) is 13.7. The molecule has 0 radical (unpaired) electrons. The second-order valence-corrected chi connectivity index (χ2v) is 3.60. The van der Waals surface area contributed by atoms with Crippen molar-refractivity contribution in [3.05, 3.63) is 23.8 Å². The van der Waals surface area contributed by atoms with Gasteiger partial charge in [-0.3, -0.25) is 0 Å². The number of ether oxygens (including phenoxy) is 2. The lowest BCUT2D eigenvalue weighted by molar-refractivity contribution is -0.149.